The number of nitrogens with one attached hydrogen (secondary N) is 2. The van der Waals surface area contributed by atoms with Crippen LogP contribution < -0.4 is 15.4 Å². The molecule has 0 saturated heterocycles. The Hall–Kier alpha value is -3.74. The molecule has 2 N–H and O–H groups in total. The molecule has 0 aliphatic carbocycles. The highest BCUT2D eigenvalue weighted by molar-refractivity contribution is 6.00. The van der Waals surface area contributed by atoms with E-state index < -0.39 is 11.9 Å². The van der Waals surface area contributed by atoms with Gasteiger partial charge in [0.2, 0.25) is 0 Å². The Labute approximate surface area is 156 Å². The Kier molecular flexibility index (Phi) is 5.73. The van der Waals surface area contributed by atoms with E-state index in [1.165, 1.54) is 18.6 Å². The standard InChI is InChI=1S/C20H18N4O3/c1-27-16-9-7-15(8-10-16)23-20(26)18(14-5-3-2-4-6-14)24-19(25)17-13-21-11-12-22-17/h2-13,18H,1H3,(H,23,26)(H,24,25). The fourth-order valence-corrected chi connectivity index (χ4v) is 2.46. The van der Waals surface area contributed by atoms with Gasteiger partial charge in [-0.05, 0) is 29.8 Å². The molecule has 0 radical (unpaired) electrons. The zero-order chi connectivity index (χ0) is 19.1. The first-order chi connectivity index (χ1) is 13.2. The van der Waals surface area contributed by atoms with Gasteiger partial charge in [0.25, 0.3) is 11.8 Å². The molecule has 7 nitrogen and oxygen atoms in total. The maximum atomic E-state index is 12.8. The lowest BCUT2D eigenvalue weighted by Gasteiger charge is -2.19. The van der Waals surface area contributed by atoms with Crippen LogP contribution in [0.2, 0.25) is 0 Å². The maximum Gasteiger partial charge on any atom is 0.272 e. The predicted octanol–water partition coefficient (Wildman–Crippen LogP) is 2.60. The maximum absolute atomic E-state index is 12.8. The fraction of sp³-hybridized carbons (Fsp3) is 0.100. The van der Waals surface area contributed by atoms with Crippen molar-refractivity contribution in [3.05, 3.63) is 84.4 Å². The van der Waals surface area contributed by atoms with Crippen molar-refractivity contribution in [3.63, 3.8) is 0 Å². The largest absolute Gasteiger partial charge is 0.497 e. The first-order valence-electron chi connectivity index (χ1n) is 8.24. The van der Waals surface area contributed by atoms with Crippen LogP contribution in [0.15, 0.2) is 73.2 Å². The van der Waals surface area contributed by atoms with Gasteiger partial charge in [0.1, 0.15) is 17.5 Å². The van der Waals surface area contributed by atoms with Crippen LogP contribution in [0.3, 0.4) is 0 Å². The molecular weight excluding hydrogens is 344 g/mol. The third kappa shape index (κ3) is 4.66. The number of carbonyl (C=O) groups is 2. The number of hydrogen-bond acceptors (Lipinski definition) is 5. The van der Waals surface area contributed by atoms with Gasteiger partial charge in [0, 0.05) is 18.1 Å². The first kappa shape index (κ1) is 18.1. The van der Waals surface area contributed by atoms with Crippen molar-refractivity contribution < 1.29 is 14.3 Å². The number of benzene rings is 2. The van der Waals surface area contributed by atoms with Gasteiger partial charge in [0.15, 0.2) is 0 Å². The second-order valence-corrected chi connectivity index (χ2v) is 5.63. The molecule has 0 aliphatic heterocycles. The van der Waals surface area contributed by atoms with Crippen LogP contribution in [-0.4, -0.2) is 28.9 Å². The van der Waals surface area contributed by atoms with Crippen molar-refractivity contribution in [3.8, 4) is 5.75 Å². The van der Waals surface area contributed by atoms with E-state index in [2.05, 4.69) is 20.6 Å². The Morgan fingerprint density at radius 2 is 1.74 bits per heavy atom. The third-order valence-corrected chi connectivity index (χ3v) is 3.82. The second-order valence-electron chi connectivity index (χ2n) is 5.63. The number of nitrogens with zero attached hydrogens (tertiary/aromatic N) is 2. The highest BCUT2D eigenvalue weighted by atomic mass is 16.5. The molecule has 0 saturated carbocycles. The molecular formula is C20H18N4O3. The summed E-state index contributed by atoms with van der Waals surface area (Å²) in [6.07, 6.45) is 4.24. The number of carbonyl (C=O) groups excluding carboxylic acids is 2. The molecule has 7 heteroatoms. The zero-order valence-electron chi connectivity index (χ0n) is 14.6. The Bertz CT molecular complexity index is 900. The Morgan fingerprint density at radius 3 is 2.37 bits per heavy atom. The zero-order valence-corrected chi connectivity index (χ0v) is 14.6. The minimum Gasteiger partial charge on any atom is -0.497 e. The number of ether oxygens (including phenoxy) is 1. The Balaban J connectivity index is 1.81. The summed E-state index contributed by atoms with van der Waals surface area (Å²) in [6.45, 7) is 0. The van der Waals surface area contributed by atoms with Gasteiger partial charge in [-0.1, -0.05) is 30.3 Å². The van der Waals surface area contributed by atoms with E-state index in [-0.39, 0.29) is 11.6 Å². The molecule has 2 aromatic carbocycles. The van der Waals surface area contributed by atoms with Crippen LogP contribution in [0, 0.1) is 0 Å². The molecule has 1 aromatic heterocycles. The summed E-state index contributed by atoms with van der Waals surface area (Å²) in [7, 11) is 1.57. The quantitative estimate of drug-likeness (QED) is 0.703. The SMILES string of the molecule is COc1ccc(NC(=O)C(NC(=O)c2cnccn2)c2ccccc2)cc1. The molecule has 0 bridgehead atoms. The van der Waals surface area contributed by atoms with Gasteiger partial charge >= 0.3 is 0 Å². The summed E-state index contributed by atoms with van der Waals surface area (Å²) in [5.74, 6) is -0.172. The van der Waals surface area contributed by atoms with Crippen molar-refractivity contribution >= 4 is 17.5 Å². The van der Waals surface area contributed by atoms with E-state index in [0.717, 1.165) is 0 Å². The van der Waals surface area contributed by atoms with E-state index >= 15 is 0 Å². The number of anilines is 1. The van der Waals surface area contributed by atoms with Crippen LogP contribution in [0.1, 0.15) is 22.1 Å². The van der Waals surface area contributed by atoms with E-state index in [0.29, 0.717) is 17.0 Å². The monoisotopic (exact) mass is 362 g/mol. The van der Waals surface area contributed by atoms with Gasteiger partial charge in [-0.3, -0.25) is 14.6 Å². The number of aromatic nitrogens is 2. The normalized spacial score (nSPS) is 11.3. The summed E-state index contributed by atoms with van der Waals surface area (Å²) in [5.41, 5.74) is 1.38. The lowest BCUT2D eigenvalue weighted by molar-refractivity contribution is -0.118. The van der Waals surface area contributed by atoms with Crippen LogP contribution in [0.5, 0.6) is 5.75 Å². The number of amides is 2. The van der Waals surface area contributed by atoms with Gasteiger partial charge in [-0.2, -0.15) is 0 Å². The van der Waals surface area contributed by atoms with Crippen molar-refractivity contribution in [2.45, 2.75) is 6.04 Å². The van der Waals surface area contributed by atoms with Gasteiger partial charge in [0.05, 0.1) is 13.3 Å². The van der Waals surface area contributed by atoms with Crippen LogP contribution in [-0.2, 0) is 4.79 Å². The lowest BCUT2D eigenvalue weighted by atomic mass is 10.1. The summed E-state index contributed by atoms with van der Waals surface area (Å²) in [6, 6.07) is 15.0. The Morgan fingerprint density at radius 1 is 1.00 bits per heavy atom. The minimum atomic E-state index is -0.886. The summed E-state index contributed by atoms with van der Waals surface area (Å²) in [4.78, 5) is 33.1. The number of methoxy groups -OCH3 is 1. The minimum absolute atomic E-state index is 0.135. The summed E-state index contributed by atoms with van der Waals surface area (Å²) < 4.78 is 5.11. The fourth-order valence-electron chi connectivity index (χ4n) is 2.46. The van der Waals surface area contributed by atoms with Crippen molar-refractivity contribution in [1.82, 2.24) is 15.3 Å². The molecule has 136 valence electrons. The van der Waals surface area contributed by atoms with E-state index in [4.69, 9.17) is 4.74 Å². The first-order valence-corrected chi connectivity index (χ1v) is 8.24. The molecule has 1 atom stereocenters. The van der Waals surface area contributed by atoms with Gasteiger partial charge < -0.3 is 15.4 Å². The van der Waals surface area contributed by atoms with Crippen molar-refractivity contribution in [1.29, 1.82) is 0 Å². The predicted molar refractivity (Wildman–Crippen MR) is 100 cm³/mol. The molecule has 2 amide bonds. The van der Waals surface area contributed by atoms with E-state index in [1.807, 2.05) is 6.07 Å². The molecule has 0 fully saturated rings. The highest BCUT2D eigenvalue weighted by Gasteiger charge is 2.24. The molecule has 3 aromatic rings. The smallest absolute Gasteiger partial charge is 0.272 e. The average Bonchev–Trinajstić information content (AvgIpc) is 2.73. The second kappa shape index (κ2) is 8.57. The van der Waals surface area contributed by atoms with Crippen LogP contribution in [0.4, 0.5) is 5.69 Å². The third-order valence-electron chi connectivity index (χ3n) is 3.82. The van der Waals surface area contributed by atoms with Crippen LogP contribution >= 0.6 is 0 Å². The van der Waals surface area contributed by atoms with Crippen LogP contribution in [0.25, 0.3) is 0 Å². The molecule has 1 heterocycles. The molecule has 1 unspecified atom stereocenters. The number of rotatable bonds is 6. The topological polar surface area (TPSA) is 93.2 Å². The highest BCUT2D eigenvalue weighted by Crippen LogP contribution is 2.19. The molecule has 0 aliphatic rings. The molecule has 3 rings (SSSR count). The molecule has 27 heavy (non-hydrogen) atoms. The lowest BCUT2D eigenvalue weighted by Crippen LogP contribution is -2.37. The number of hydrogen-bond donors (Lipinski definition) is 2. The van der Waals surface area contributed by atoms with Gasteiger partial charge in [-0.25, -0.2) is 4.98 Å². The van der Waals surface area contributed by atoms with Crippen molar-refractivity contribution in [2.24, 2.45) is 0 Å². The molecule has 0 spiro atoms. The van der Waals surface area contributed by atoms with E-state index in [9.17, 15) is 9.59 Å². The van der Waals surface area contributed by atoms with E-state index in [1.54, 1.807) is 55.6 Å². The van der Waals surface area contributed by atoms with Crippen molar-refractivity contribution in [2.75, 3.05) is 12.4 Å². The average molecular weight is 362 g/mol. The summed E-state index contributed by atoms with van der Waals surface area (Å²) in [5, 5.41) is 5.52. The van der Waals surface area contributed by atoms with Gasteiger partial charge in [-0.15, -0.1) is 0 Å². The summed E-state index contributed by atoms with van der Waals surface area (Å²) >= 11 is 0.